The third kappa shape index (κ3) is 1.66. The summed E-state index contributed by atoms with van der Waals surface area (Å²) in [7, 11) is 0. The van der Waals surface area contributed by atoms with Gasteiger partial charge in [0.1, 0.15) is 5.69 Å². The molecule has 1 saturated carbocycles. The summed E-state index contributed by atoms with van der Waals surface area (Å²) in [5, 5.41) is 0. The maximum absolute atomic E-state index is 12.2. The number of carbonyl (C=O) groups is 1. The van der Waals surface area contributed by atoms with Crippen LogP contribution in [0.3, 0.4) is 0 Å². The second-order valence-corrected chi connectivity index (χ2v) is 5.50. The maximum Gasteiger partial charge on any atom is 0.274 e. The number of likely N-dealkylation sites (tertiary alicyclic amines) is 1. The van der Waals surface area contributed by atoms with Crippen LogP contribution in [0.15, 0.2) is 12.5 Å². The van der Waals surface area contributed by atoms with Crippen LogP contribution in [0.5, 0.6) is 0 Å². The maximum atomic E-state index is 12.2. The van der Waals surface area contributed by atoms with Gasteiger partial charge in [-0.1, -0.05) is 0 Å². The van der Waals surface area contributed by atoms with Crippen LogP contribution in [-0.4, -0.2) is 33.4 Å². The standard InChI is InChI=1S/C13H18N3O/c1-8(2)16-6-12(14-7-16)13(17)15-4-10-9(3)11(10)5-15/h6-11H,3-5H2,1-2H3/t9-,10-,11+. The van der Waals surface area contributed by atoms with Crippen LogP contribution in [0, 0.1) is 24.7 Å². The largest absolute Gasteiger partial charge is 0.337 e. The zero-order chi connectivity index (χ0) is 12.2. The summed E-state index contributed by atoms with van der Waals surface area (Å²) in [6, 6.07) is 0.347. The molecule has 0 unspecified atom stereocenters. The first kappa shape index (κ1) is 10.8. The van der Waals surface area contributed by atoms with Crippen molar-refractivity contribution < 1.29 is 4.79 Å². The van der Waals surface area contributed by atoms with Gasteiger partial charge in [-0.15, -0.1) is 0 Å². The van der Waals surface area contributed by atoms with Gasteiger partial charge in [-0.3, -0.25) is 4.79 Å². The summed E-state index contributed by atoms with van der Waals surface area (Å²) in [6.45, 7) is 9.96. The Balaban J connectivity index is 1.70. The van der Waals surface area contributed by atoms with Gasteiger partial charge in [0, 0.05) is 25.3 Å². The first-order chi connectivity index (χ1) is 8.08. The van der Waals surface area contributed by atoms with Gasteiger partial charge in [-0.2, -0.15) is 0 Å². The van der Waals surface area contributed by atoms with Crippen molar-refractivity contribution in [1.82, 2.24) is 14.5 Å². The molecule has 0 spiro atoms. The number of hydrogen-bond donors (Lipinski definition) is 0. The molecule has 4 nitrogen and oxygen atoms in total. The Hall–Kier alpha value is -1.32. The van der Waals surface area contributed by atoms with Crippen molar-refractivity contribution in [2.75, 3.05) is 13.1 Å². The van der Waals surface area contributed by atoms with Crippen LogP contribution in [0.4, 0.5) is 0 Å². The molecule has 1 saturated heterocycles. The first-order valence-electron chi connectivity index (χ1n) is 6.23. The molecular weight excluding hydrogens is 214 g/mol. The van der Waals surface area contributed by atoms with Gasteiger partial charge in [-0.05, 0) is 38.5 Å². The van der Waals surface area contributed by atoms with E-state index in [1.807, 2.05) is 15.7 Å². The number of aromatic nitrogens is 2. The van der Waals surface area contributed by atoms with Gasteiger partial charge in [0.25, 0.3) is 5.91 Å². The van der Waals surface area contributed by atoms with Crippen molar-refractivity contribution in [2.45, 2.75) is 19.9 Å². The van der Waals surface area contributed by atoms with Crippen LogP contribution in [-0.2, 0) is 0 Å². The Morgan fingerprint density at radius 2 is 2.12 bits per heavy atom. The fraction of sp³-hybridized carbons (Fsp3) is 0.615. The second-order valence-electron chi connectivity index (χ2n) is 5.50. The molecule has 2 fully saturated rings. The number of piperidine rings is 1. The highest BCUT2D eigenvalue weighted by Gasteiger charge is 2.53. The number of rotatable bonds is 2. The molecule has 2 heterocycles. The van der Waals surface area contributed by atoms with Gasteiger partial charge in [0.05, 0.1) is 6.33 Å². The third-order valence-corrected chi connectivity index (χ3v) is 4.08. The molecule has 1 aromatic heterocycles. The minimum absolute atomic E-state index is 0.0730. The van der Waals surface area contributed by atoms with Crippen LogP contribution in [0.1, 0.15) is 30.4 Å². The molecule has 4 heteroatoms. The van der Waals surface area contributed by atoms with E-state index in [2.05, 4.69) is 25.8 Å². The van der Waals surface area contributed by atoms with E-state index >= 15 is 0 Å². The Bertz CT molecular complexity index is 439. The summed E-state index contributed by atoms with van der Waals surface area (Å²) < 4.78 is 1.97. The predicted octanol–water partition coefficient (Wildman–Crippen LogP) is 1.62. The lowest BCUT2D eigenvalue weighted by Crippen LogP contribution is -2.31. The number of imidazole rings is 1. The van der Waals surface area contributed by atoms with Gasteiger partial charge in [-0.25, -0.2) is 4.98 Å². The van der Waals surface area contributed by atoms with Crippen LogP contribution >= 0.6 is 0 Å². The lowest BCUT2D eigenvalue weighted by molar-refractivity contribution is 0.0765. The van der Waals surface area contributed by atoms with Crippen molar-refractivity contribution in [3.8, 4) is 0 Å². The summed E-state index contributed by atoms with van der Waals surface area (Å²) in [5.41, 5.74) is 0.570. The van der Waals surface area contributed by atoms with Crippen LogP contribution in [0.2, 0.25) is 0 Å². The highest BCUT2D eigenvalue weighted by Crippen LogP contribution is 2.51. The highest BCUT2D eigenvalue weighted by molar-refractivity contribution is 5.92. The Labute approximate surface area is 102 Å². The van der Waals surface area contributed by atoms with Crippen LogP contribution < -0.4 is 0 Å². The van der Waals surface area contributed by atoms with Gasteiger partial charge in [0.15, 0.2) is 0 Å². The highest BCUT2D eigenvalue weighted by atomic mass is 16.2. The van der Waals surface area contributed by atoms with E-state index in [-0.39, 0.29) is 5.91 Å². The van der Waals surface area contributed by atoms with Crippen molar-refractivity contribution in [1.29, 1.82) is 0 Å². The fourth-order valence-corrected chi connectivity index (χ4v) is 2.71. The molecule has 1 aliphatic carbocycles. The Kier molecular flexibility index (Phi) is 2.28. The molecule has 1 radical (unpaired) electrons. The third-order valence-electron chi connectivity index (χ3n) is 4.08. The van der Waals surface area contributed by atoms with Crippen molar-refractivity contribution in [3.63, 3.8) is 0 Å². The zero-order valence-electron chi connectivity index (χ0n) is 10.3. The number of hydrogen-bond acceptors (Lipinski definition) is 2. The average molecular weight is 232 g/mol. The molecule has 1 amide bonds. The molecule has 1 aromatic rings. The van der Waals surface area contributed by atoms with Gasteiger partial charge >= 0.3 is 0 Å². The first-order valence-corrected chi connectivity index (χ1v) is 6.23. The van der Waals surface area contributed by atoms with E-state index in [0.717, 1.165) is 13.1 Å². The summed E-state index contributed by atoms with van der Waals surface area (Å²) in [5.74, 6) is 1.94. The molecule has 0 aromatic carbocycles. The monoisotopic (exact) mass is 232 g/mol. The normalized spacial score (nSPS) is 30.8. The average Bonchev–Trinajstić information content (AvgIpc) is 2.83. The predicted molar refractivity (Wildman–Crippen MR) is 64.3 cm³/mol. The molecule has 0 N–H and O–H groups in total. The van der Waals surface area contributed by atoms with Gasteiger partial charge in [0.2, 0.25) is 0 Å². The molecule has 2 aliphatic rings. The number of amides is 1. The summed E-state index contributed by atoms with van der Waals surface area (Å²) in [6.07, 6.45) is 3.58. The topological polar surface area (TPSA) is 38.1 Å². The van der Waals surface area contributed by atoms with Gasteiger partial charge < -0.3 is 9.47 Å². The smallest absolute Gasteiger partial charge is 0.274 e. The van der Waals surface area contributed by atoms with Crippen molar-refractivity contribution >= 4 is 5.91 Å². The van der Waals surface area contributed by atoms with E-state index in [0.29, 0.717) is 29.5 Å². The molecule has 17 heavy (non-hydrogen) atoms. The lowest BCUT2D eigenvalue weighted by Gasteiger charge is -2.17. The van der Waals surface area contributed by atoms with E-state index < -0.39 is 0 Å². The number of carbonyl (C=O) groups excluding carboxylic acids is 1. The quantitative estimate of drug-likeness (QED) is 0.777. The van der Waals surface area contributed by atoms with E-state index in [4.69, 9.17) is 0 Å². The van der Waals surface area contributed by atoms with Crippen molar-refractivity contribution in [2.24, 2.45) is 17.8 Å². The molecule has 3 rings (SSSR count). The van der Waals surface area contributed by atoms with E-state index in [9.17, 15) is 4.79 Å². The molecule has 91 valence electrons. The second kappa shape index (κ2) is 3.59. The summed E-state index contributed by atoms with van der Waals surface area (Å²) in [4.78, 5) is 18.3. The Morgan fingerprint density at radius 1 is 1.47 bits per heavy atom. The lowest BCUT2D eigenvalue weighted by atomic mass is 10.3. The zero-order valence-corrected chi connectivity index (χ0v) is 10.3. The SMILES string of the molecule is [CH2][C@@H]1[C@H]2CN(C(=O)c3cn(C(C)C)cn3)C[C@@H]12. The van der Waals surface area contributed by atoms with Crippen LogP contribution in [0.25, 0.3) is 0 Å². The van der Waals surface area contributed by atoms with E-state index in [1.165, 1.54) is 0 Å². The van der Waals surface area contributed by atoms with E-state index in [1.54, 1.807) is 6.33 Å². The minimum Gasteiger partial charge on any atom is -0.337 e. The summed E-state index contributed by atoms with van der Waals surface area (Å²) >= 11 is 0. The molecule has 3 atom stereocenters. The number of nitrogens with zero attached hydrogens (tertiary/aromatic N) is 3. The number of fused-ring (bicyclic) bond motifs is 1. The molecular formula is C13H18N3O. The fourth-order valence-electron chi connectivity index (χ4n) is 2.71. The molecule has 1 aliphatic heterocycles. The molecule has 0 bridgehead atoms. The minimum atomic E-state index is 0.0730. The Morgan fingerprint density at radius 3 is 2.65 bits per heavy atom. The van der Waals surface area contributed by atoms with Crippen molar-refractivity contribution in [3.05, 3.63) is 25.1 Å².